The molecular formula is C14H26. The third-order valence-electron chi connectivity index (χ3n) is 3.06. The number of hydrogen-bond acceptors (Lipinski definition) is 0. The SMILES string of the molecule is CC(C)(C)CCCCC1=CCCCC1. The fraction of sp³-hybridized carbons (Fsp3) is 0.857. The molecule has 0 nitrogen and oxygen atoms in total. The van der Waals surface area contributed by atoms with Crippen molar-refractivity contribution in [3.8, 4) is 0 Å². The van der Waals surface area contributed by atoms with Gasteiger partial charge in [0.1, 0.15) is 0 Å². The minimum Gasteiger partial charge on any atom is -0.0853 e. The van der Waals surface area contributed by atoms with Gasteiger partial charge in [0.05, 0.1) is 0 Å². The molecule has 0 unspecified atom stereocenters. The highest BCUT2D eigenvalue weighted by Crippen LogP contribution is 2.25. The first-order valence-electron chi connectivity index (χ1n) is 6.26. The largest absolute Gasteiger partial charge is 0.0853 e. The fourth-order valence-electron chi connectivity index (χ4n) is 2.14. The molecule has 1 aliphatic carbocycles. The lowest BCUT2D eigenvalue weighted by Gasteiger charge is -2.18. The maximum atomic E-state index is 2.49. The van der Waals surface area contributed by atoms with Crippen LogP contribution in [0.25, 0.3) is 0 Å². The van der Waals surface area contributed by atoms with Gasteiger partial charge in [-0.3, -0.25) is 0 Å². The third kappa shape index (κ3) is 5.47. The van der Waals surface area contributed by atoms with Crippen LogP contribution in [0.3, 0.4) is 0 Å². The minimum atomic E-state index is 0.529. The second kappa shape index (κ2) is 5.58. The van der Waals surface area contributed by atoms with E-state index in [0.717, 1.165) is 0 Å². The van der Waals surface area contributed by atoms with Crippen LogP contribution in [-0.2, 0) is 0 Å². The Kier molecular flexibility index (Phi) is 4.71. The molecule has 1 aliphatic rings. The van der Waals surface area contributed by atoms with Crippen molar-refractivity contribution in [1.29, 1.82) is 0 Å². The van der Waals surface area contributed by atoms with Crippen LogP contribution in [0.15, 0.2) is 11.6 Å². The van der Waals surface area contributed by atoms with Crippen molar-refractivity contribution in [2.24, 2.45) is 5.41 Å². The van der Waals surface area contributed by atoms with E-state index in [-0.39, 0.29) is 0 Å². The summed E-state index contributed by atoms with van der Waals surface area (Å²) < 4.78 is 0. The molecule has 0 aromatic carbocycles. The number of hydrogen-bond donors (Lipinski definition) is 0. The summed E-state index contributed by atoms with van der Waals surface area (Å²) in [7, 11) is 0. The summed E-state index contributed by atoms with van der Waals surface area (Å²) in [6.45, 7) is 7.02. The molecule has 0 amide bonds. The van der Waals surface area contributed by atoms with Gasteiger partial charge in [-0.15, -0.1) is 0 Å². The van der Waals surface area contributed by atoms with Gasteiger partial charge in [0.25, 0.3) is 0 Å². The Morgan fingerprint density at radius 3 is 2.50 bits per heavy atom. The number of rotatable bonds is 4. The summed E-state index contributed by atoms with van der Waals surface area (Å²) in [6, 6.07) is 0. The second-order valence-electron chi connectivity index (χ2n) is 5.88. The lowest BCUT2D eigenvalue weighted by molar-refractivity contribution is 0.359. The molecule has 0 aliphatic heterocycles. The monoisotopic (exact) mass is 194 g/mol. The van der Waals surface area contributed by atoms with Crippen LogP contribution >= 0.6 is 0 Å². The molecule has 0 saturated heterocycles. The Balaban J connectivity index is 2.06. The van der Waals surface area contributed by atoms with Crippen LogP contribution in [0.4, 0.5) is 0 Å². The van der Waals surface area contributed by atoms with E-state index in [9.17, 15) is 0 Å². The Labute approximate surface area is 89.8 Å². The standard InChI is InChI=1S/C14H26/c1-14(2,3)12-8-7-11-13-9-5-4-6-10-13/h9H,4-8,10-12H2,1-3H3. The summed E-state index contributed by atoms with van der Waals surface area (Å²) >= 11 is 0. The first kappa shape index (κ1) is 11.8. The molecule has 14 heavy (non-hydrogen) atoms. The Bertz CT molecular complexity index is 181. The maximum Gasteiger partial charge on any atom is -0.0320 e. The van der Waals surface area contributed by atoms with Crippen molar-refractivity contribution < 1.29 is 0 Å². The quantitative estimate of drug-likeness (QED) is 0.432. The molecule has 0 radical (unpaired) electrons. The number of unbranched alkanes of at least 4 members (excludes halogenated alkanes) is 1. The van der Waals surface area contributed by atoms with Crippen molar-refractivity contribution in [2.45, 2.75) is 72.1 Å². The fourth-order valence-corrected chi connectivity index (χ4v) is 2.14. The van der Waals surface area contributed by atoms with Crippen molar-refractivity contribution in [3.63, 3.8) is 0 Å². The Morgan fingerprint density at radius 1 is 1.14 bits per heavy atom. The molecule has 0 N–H and O–H groups in total. The van der Waals surface area contributed by atoms with Crippen LogP contribution < -0.4 is 0 Å². The molecule has 0 atom stereocenters. The molecule has 0 bridgehead atoms. The van der Waals surface area contributed by atoms with Gasteiger partial charge in [-0.05, 0) is 50.4 Å². The number of allylic oxidation sites excluding steroid dienone is 2. The molecule has 0 heterocycles. The Morgan fingerprint density at radius 2 is 1.93 bits per heavy atom. The van der Waals surface area contributed by atoms with Gasteiger partial charge in [-0.2, -0.15) is 0 Å². The Hall–Kier alpha value is -0.260. The molecule has 0 aromatic heterocycles. The van der Waals surface area contributed by atoms with E-state index in [1.54, 1.807) is 5.57 Å². The van der Waals surface area contributed by atoms with Crippen LogP contribution in [0.2, 0.25) is 0 Å². The molecular weight excluding hydrogens is 168 g/mol. The van der Waals surface area contributed by atoms with Gasteiger partial charge in [0.2, 0.25) is 0 Å². The van der Waals surface area contributed by atoms with E-state index in [4.69, 9.17) is 0 Å². The van der Waals surface area contributed by atoms with Gasteiger partial charge in [0.15, 0.2) is 0 Å². The molecule has 82 valence electrons. The summed E-state index contributed by atoms with van der Waals surface area (Å²) in [5.41, 5.74) is 2.27. The summed E-state index contributed by atoms with van der Waals surface area (Å²) in [5, 5.41) is 0. The lowest BCUT2D eigenvalue weighted by Crippen LogP contribution is -2.04. The highest BCUT2D eigenvalue weighted by molar-refractivity contribution is 5.04. The summed E-state index contributed by atoms with van der Waals surface area (Å²) in [4.78, 5) is 0. The van der Waals surface area contributed by atoms with Crippen LogP contribution in [-0.4, -0.2) is 0 Å². The van der Waals surface area contributed by atoms with Gasteiger partial charge in [-0.1, -0.05) is 38.8 Å². The summed E-state index contributed by atoms with van der Waals surface area (Å²) in [5.74, 6) is 0. The second-order valence-corrected chi connectivity index (χ2v) is 5.88. The molecule has 0 heteroatoms. The molecule has 0 spiro atoms. The third-order valence-corrected chi connectivity index (χ3v) is 3.06. The van der Waals surface area contributed by atoms with Crippen molar-refractivity contribution in [2.75, 3.05) is 0 Å². The first-order valence-corrected chi connectivity index (χ1v) is 6.26. The summed E-state index contributed by atoms with van der Waals surface area (Å²) in [6.07, 6.45) is 13.6. The van der Waals surface area contributed by atoms with E-state index in [2.05, 4.69) is 26.8 Å². The topological polar surface area (TPSA) is 0 Å². The molecule has 0 saturated carbocycles. The predicted molar refractivity (Wildman–Crippen MR) is 64.5 cm³/mol. The first-order chi connectivity index (χ1) is 6.58. The van der Waals surface area contributed by atoms with Crippen molar-refractivity contribution in [3.05, 3.63) is 11.6 Å². The lowest BCUT2D eigenvalue weighted by atomic mass is 9.88. The van der Waals surface area contributed by atoms with Crippen LogP contribution in [0.5, 0.6) is 0 Å². The van der Waals surface area contributed by atoms with Crippen LogP contribution in [0, 0.1) is 5.41 Å². The van der Waals surface area contributed by atoms with Crippen molar-refractivity contribution >= 4 is 0 Å². The molecule has 0 fully saturated rings. The minimum absolute atomic E-state index is 0.529. The highest BCUT2D eigenvalue weighted by atomic mass is 14.2. The molecule has 0 aromatic rings. The normalized spacial score (nSPS) is 18.1. The maximum absolute atomic E-state index is 2.49. The molecule has 1 rings (SSSR count). The zero-order valence-corrected chi connectivity index (χ0v) is 10.2. The van der Waals surface area contributed by atoms with Crippen LogP contribution in [0.1, 0.15) is 72.1 Å². The van der Waals surface area contributed by atoms with Gasteiger partial charge in [-0.25, -0.2) is 0 Å². The zero-order chi connectivity index (χ0) is 10.4. The average molecular weight is 194 g/mol. The van der Waals surface area contributed by atoms with E-state index in [0.29, 0.717) is 5.41 Å². The van der Waals surface area contributed by atoms with E-state index in [1.165, 1.54) is 51.4 Å². The van der Waals surface area contributed by atoms with Gasteiger partial charge in [0, 0.05) is 0 Å². The van der Waals surface area contributed by atoms with E-state index >= 15 is 0 Å². The average Bonchev–Trinajstić information content (AvgIpc) is 2.13. The predicted octanol–water partition coefficient (Wildman–Crippen LogP) is 5.09. The van der Waals surface area contributed by atoms with E-state index in [1.807, 2.05) is 0 Å². The van der Waals surface area contributed by atoms with E-state index < -0.39 is 0 Å². The van der Waals surface area contributed by atoms with Crippen molar-refractivity contribution in [1.82, 2.24) is 0 Å². The van der Waals surface area contributed by atoms with Gasteiger partial charge >= 0.3 is 0 Å². The van der Waals surface area contributed by atoms with Gasteiger partial charge < -0.3 is 0 Å². The smallest absolute Gasteiger partial charge is 0.0320 e. The zero-order valence-electron chi connectivity index (χ0n) is 10.2. The highest BCUT2D eigenvalue weighted by Gasteiger charge is 2.09.